The lowest BCUT2D eigenvalue weighted by molar-refractivity contribution is -0.218. The SMILES string of the molecule is COC(=O)C12COCC(CC(=O)O)(C1)C2. The van der Waals surface area contributed by atoms with Crippen molar-refractivity contribution in [2.24, 2.45) is 10.8 Å². The van der Waals surface area contributed by atoms with Crippen molar-refractivity contribution in [2.45, 2.75) is 19.3 Å². The molecule has 0 aromatic heterocycles. The van der Waals surface area contributed by atoms with Crippen LogP contribution in [0.2, 0.25) is 0 Å². The predicted octanol–water partition coefficient (Wildman–Crippen LogP) is 0.431. The number of carboxylic acids is 1. The number of carbonyl (C=O) groups excluding carboxylic acids is 1. The smallest absolute Gasteiger partial charge is 0.314 e. The van der Waals surface area contributed by atoms with E-state index in [-0.39, 0.29) is 17.8 Å². The highest BCUT2D eigenvalue weighted by Crippen LogP contribution is 2.60. The summed E-state index contributed by atoms with van der Waals surface area (Å²) >= 11 is 0. The van der Waals surface area contributed by atoms with Gasteiger partial charge in [0.2, 0.25) is 0 Å². The van der Waals surface area contributed by atoms with Gasteiger partial charge in [0.25, 0.3) is 0 Å². The molecule has 2 saturated heterocycles. The van der Waals surface area contributed by atoms with Gasteiger partial charge in [0.15, 0.2) is 0 Å². The second-order valence-electron chi connectivity index (χ2n) is 4.69. The lowest BCUT2D eigenvalue weighted by Gasteiger charge is -2.57. The normalized spacial score (nSPS) is 37.9. The van der Waals surface area contributed by atoms with Gasteiger partial charge in [0, 0.05) is 5.41 Å². The van der Waals surface area contributed by atoms with E-state index in [1.165, 1.54) is 7.11 Å². The maximum absolute atomic E-state index is 11.5. The first-order valence-corrected chi connectivity index (χ1v) is 4.90. The van der Waals surface area contributed by atoms with E-state index >= 15 is 0 Å². The standard InChI is InChI=1S/C10H14O5/c1-14-8(13)10-3-9(4-10,2-7(11)12)5-15-6-10/h2-6H2,1H3,(H,11,12). The number of hydrogen-bond acceptors (Lipinski definition) is 4. The molecule has 2 bridgehead atoms. The number of esters is 1. The van der Waals surface area contributed by atoms with Crippen molar-refractivity contribution >= 4 is 11.9 Å². The van der Waals surface area contributed by atoms with Crippen molar-refractivity contribution in [1.82, 2.24) is 0 Å². The number of rotatable bonds is 3. The van der Waals surface area contributed by atoms with E-state index < -0.39 is 11.4 Å². The van der Waals surface area contributed by atoms with Crippen molar-refractivity contribution in [1.29, 1.82) is 0 Å². The molecule has 3 rings (SSSR count). The van der Waals surface area contributed by atoms with Crippen molar-refractivity contribution in [3.63, 3.8) is 0 Å². The summed E-state index contributed by atoms with van der Waals surface area (Å²) in [5, 5.41) is 8.76. The average molecular weight is 214 g/mol. The van der Waals surface area contributed by atoms with E-state index in [9.17, 15) is 9.59 Å². The van der Waals surface area contributed by atoms with Crippen LogP contribution in [0.3, 0.4) is 0 Å². The van der Waals surface area contributed by atoms with Gasteiger partial charge in [-0.2, -0.15) is 0 Å². The lowest BCUT2D eigenvalue weighted by Crippen LogP contribution is -2.61. The number of ether oxygens (including phenoxy) is 2. The van der Waals surface area contributed by atoms with Crippen molar-refractivity contribution in [2.75, 3.05) is 20.3 Å². The Morgan fingerprint density at radius 3 is 2.60 bits per heavy atom. The van der Waals surface area contributed by atoms with Crippen molar-refractivity contribution < 1.29 is 24.2 Å². The highest BCUT2D eigenvalue weighted by atomic mass is 16.5. The molecule has 3 aliphatic rings. The summed E-state index contributed by atoms with van der Waals surface area (Å²) < 4.78 is 10.0. The number of carbonyl (C=O) groups is 2. The van der Waals surface area contributed by atoms with Crippen LogP contribution in [0.4, 0.5) is 0 Å². The number of fused-ring (bicyclic) bond motifs is 2. The Kier molecular flexibility index (Phi) is 2.22. The predicted molar refractivity (Wildman–Crippen MR) is 49.2 cm³/mol. The zero-order chi connectivity index (χ0) is 11.1. The first-order valence-electron chi connectivity index (χ1n) is 4.90. The Balaban J connectivity index is 2.07. The third-order valence-electron chi connectivity index (χ3n) is 3.36. The monoisotopic (exact) mass is 214 g/mol. The van der Waals surface area contributed by atoms with Gasteiger partial charge in [0.1, 0.15) is 0 Å². The minimum absolute atomic E-state index is 0.0751. The molecule has 2 heterocycles. The van der Waals surface area contributed by atoms with Gasteiger partial charge in [-0.25, -0.2) is 0 Å². The lowest BCUT2D eigenvalue weighted by atomic mass is 9.50. The van der Waals surface area contributed by atoms with Crippen molar-refractivity contribution in [3.05, 3.63) is 0 Å². The zero-order valence-electron chi connectivity index (χ0n) is 8.62. The quantitative estimate of drug-likeness (QED) is 0.690. The first-order chi connectivity index (χ1) is 7.02. The molecule has 3 fully saturated rings. The molecule has 0 radical (unpaired) electrons. The minimum atomic E-state index is -0.834. The molecular weight excluding hydrogens is 200 g/mol. The number of hydrogen-bond donors (Lipinski definition) is 1. The van der Waals surface area contributed by atoms with E-state index in [0.29, 0.717) is 26.1 Å². The highest BCUT2D eigenvalue weighted by molar-refractivity contribution is 5.79. The molecule has 5 heteroatoms. The Labute approximate surface area is 87.4 Å². The van der Waals surface area contributed by atoms with Gasteiger partial charge in [-0.3, -0.25) is 9.59 Å². The number of methoxy groups -OCH3 is 1. The third kappa shape index (κ3) is 1.51. The Morgan fingerprint density at radius 2 is 2.07 bits per heavy atom. The van der Waals surface area contributed by atoms with Gasteiger partial charge < -0.3 is 14.6 Å². The van der Waals surface area contributed by atoms with E-state index in [0.717, 1.165) is 0 Å². The molecule has 0 unspecified atom stereocenters. The second kappa shape index (κ2) is 3.20. The van der Waals surface area contributed by atoms with Gasteiger partial charge in [-0.15, -0.1) is 0 Å². The summed E-state index contributed by atoms with van der Waals surface area (Å²) in [5.41, 5.74) is -0.902. The second-order valence-corrected chi connectivity index (χ2v) is 4.69. The molecule has 0 aromatic carbocycles. The van der Waals surface area contributed by atoms with E-state index in [1.807, 2.05) is 0 Å². The van der Waals surface area contributed by atoms with E-state index in [2.05, 4.69) is 0 Å². The summed E-state index contributed by atoms with van der Waals surface area (Å²) in [7, 11) is 1.35. The van der Waals surface area contributed by atoms with E-state index in [4.69, 9.17) is 14.6 Å². The van der Waals surface area contributed by atoms with Crippen LogP contribution in [0, 0.1) is 10.8 Å². The zero-order valence-corrected chi connectivity index (χ0v) is 8.62. The molecule has 0 spiro atoms. The molecular formula is C10H14O5. The van der Waals surface area contributed by atoms with E-state index in [1.54, 1.807) is 0 Å². The minimum Gasteiger partial charge on any atom is -0.481 e. The van der Waals surface area contributed by atoms with Gasteiger partial charge in [-0.05, 0) is 12.8 Å². The molecule has 1 N–H and O–H groups in total. The Morgan fingerprint density at radius 1 is 1.40 bits per heavy atom. The molecule has 1 saturated carbocycles. The van der Waals surface area contributed by atoms with Crippen LogP contribution in [0.5, 0.6) is 0 Å². The van der Waals surface area contributed by atoms with Crippen LogP contribution >= 0.6 is 0 Å². The van der Waals surface area contributed by atoms with Crippen LogP contribution in [0.15, 0.2) is 0 Å². The molecule has 5 nitrogen and oxygen atoms in total. The number of aliphatic carboxylic acids is 1. The third-order valence-corrected chi connectivity index (χ3v) is 3.36. The number of carboxylic acid groups (broad SMARTS) is 1. The molecule has 0 amide bonds. The summed E-state index contributed by atoms with van der Waals surface area (Å²) in [6.07, 6.45) is 1.24. The average Bonchev–Trinajstić information content (AvgIpc) is 2.14. The Bertz CT molecular complexity index is 303. The summed E-state index contributed by atoms with van der Waals surface area (Å²) in [5.74, 6) is -1.11. The molecule has 2 aliphatic heterocycles. The van der Waals surface area contributed by atoms with Crippen LogP contribution in [0.25, 0.3) is 0 Å². The van der Waals surface area contributed by atoms with Crippen LogP contribution in [0.1, 0.15) is 19.3 Å². The molecule has 0 aromatic rings. The molecule has 15 heavy (non-hydrogen) atoms. The van der Waals surface area contributed by atoms with Crippen LogP contribution in [-0.2, 0) is 19.1 Å². The summed E-state index contributed by atoms with van der Waals surface area (Å²) in [6.45, 7) is 0.805. The first kappa shape index (κ1) is 10.4. The maximum Gasteiger partial charge on any atom is 0.314 e. The fraction of sp³-hybridized carbons (Fsp3) is 0.800. The topological polar surface area (TPSA) is 72.8 Å². The van der Waals surface area contributed by atoms with Gasteiger partial charge in [-0.1, -0.05) is 0 Å². The largest absolute Gasteiger partial charge is 0.481 e. The molecule has 84 valence electrons. The Hall–Kier alpha value is -1.10. The van der Waals surface area contributed by atoms with Crippen molar-refractivity contribution in [3.8, 4) is 0 Å². The molecule has 0 atom stereocenters. The maximum atomic E-state index is 11.5. The summed E-state index contributed by atoms with van der Waals surface area (Å²) in [6, 6.07) is 0. The highest BCUT2D eigenvalue weighted by Gasteiger charge is 2.63. The fourth-order valence-electron chi connectivity index (χ4n) is 2.97. The summed E-state index contributed by atoms with van der Waals surface area (Å²) in [4.78, 5) is 22.2. The fourth-order valence-corrected chi connectivity index (χ4v) is 2.97. The molecule has 1 aliphatic carbocycles. The van der Waals surface area contributed by atoms with Crippen LogP contribution in [-0.4, -0.2) is 37.4 Å². The van der Waals surface area contributed by atoms with Crippen LogP contribution < -0.4 is 0 Å². The van der Waals surface area contributed by atoms with Gasteiger partial charge in [0.05, 0.1) is 32.2 Å². The van der Waals surface area contributed by atoms with Gasteiger partial charge >= 0.3 is 11.9 Å².